The Morgan fingerprint density at radius 2 is 1.86 bits per heavy atom. The molecule has 2 atom stereocenters. The second-order valence-corrected chi connectivity index (χ2v) is 5.24. The third-order valence-electron chi connectivity index (χ3n) is 3.74. The maximum absolute atomic E-state index is 13.6. The van der Waals surface area contributed by atoms with Crippen LogP contribution in [0, 0.1) is 17.3 Å². The molecule has 1 aromatic heterocycles. The van der Waals surface area contributed by atoms with Crippen molar-refractivity contribution in [3.63, 3.8) is 0 Å². The minimum atomic E-state index is -0.830. The summed E-state index contributed by atoms with van der Waals surface area (Å²) in [4.78, 5) is 3.71. The molecule has 2 N–H and O–H groups in total. The molecule has 6 nitrogen and oxygen atoms in total. The summed E-state index contributed by atoms with van der Waals surface area (Å²) < 4.78 is 24.8. The summed E-state index contributed by atoms with van der Waals surface area (Å²) in [5.74, 6) is -0.399. The van der Waals surface area contributed by atoms with Gasteiger partial charge in [-0.3, -0.25) is 0 Å². The van der Waals surface area contributed by atoms with E-state index in [0.717, 1.165) is 25.9 Å². The van der Waals surface area contributed by atoms with Crippen LogP contribution in [0.2, 0.25) is 0 Å². The van der Waals surface area contributed by atoms with E-state index in [1.165, 1.54) is 6.07 Å². The molecule has 0 aliphatic carbocycles. The lowest BCUT2D eigenvalue weighted by atomic mass is 10.1. The Morgan fingerprint density at radius 1 is 1.24 bits per heavy atom. The lowest BCUT2D eigenvalue weighted by Crippen LogP contribution is -2.47. The molecule has 0 bridgehead atoms. The first-order chi connectivity index (χ1) is 10.3. The zero-order valence-corrected chi connectivity index (χ0v) is 11.6. The molecule has 7 heteroatoms. The van der Waals surface area contributed by atoms with Gasteiger partial charge < -0.3 is 20.1 Å². The Morgan fingerprint density at radius 3 is 2.38 bits per heavy atom. The Balaban J connectivity index is 1.70. The van der Waals surface area contributed by atoms with Gasteiger partial charge in [0.05, 0.1) is 0 Å². The van der Waals surface area contributed by atoms with Crippen molar-refractivity contribution in [3.05, 3.63) is 17.6 Å². The van der Waals surface area contributed by atoms with Crippen LogP contribution in [0.5, 0.6) is 11.6 Å². The second kappa shape index (κ2) is 6.24. The molecule has 0 spiro atoms. The van der Waals surface area contributed by atoms with E-state index < -0.39 is 5.95 Å². The maximum atomic E-state index is 13.6. The van der Waals surface area contributed by atoms with E-state index in [-0.39, 0.29) is 17.5 Å². The number of pyridine rings is 1. The average molecular weight is 292 g/mol. The molecule has 2 aliphatic rings. The van der Waals surface area contributed by atoms with Crippen molar-refractivity contribution >= 4 is 0 Å². The summed E-state index contributed by atoms with van der Waals surface area (Å²) >= 11 is 0. The third kappa shape index (κ3) is 3.23. The van der Waals surface area contributed by atoms with E-state index in [2.05, 4.69) is 15.6 Å². The van der Waals surface area contributed by atoms with Crippen molar-refractivity contribution < 1.29 is 13.9 Å². The molecular weight excluding hydrogens is 275 g/mol. The van der Waals surface area contributed by atoms with Gasteiger partial charge >= 0.3 is 0 Å². The van der Waals surface area contributed by atoms with Crippen LogP contribution in [0.4, 0.5) is 4.39 Å². The number of nitriles is 1. The fourth-order valence-electron chi connectivity index (χ4n) is 2.09. The van der Waals surface area contributed by atoms with Gasteiger partial charge in [-0.15, -0.1) is 0 Å². The number of nitrogens with one attached hydrogen (secondary N) is 2. The standard InChI is InChI=1S/C14H17FN4O2/c15-13-9(6-16)5-12(20-7-10-1-3-17-10)14(19-13)21-8-11-2-4-18-11/h5,10-11,17-18H,1-4,7-8H2/t10-,11-/m0/s1. The Labute approximate surface area is 122 Å². The first kappa shape index (κ1) is 14.0. The molecule has 0 radical (unpaired) electrons. The van der Waals surface area contributed by atoms with Gasteiger partial charge in [0.1, 0.15) is 24.8 Å². The quantitative estimate of drug-likeness (QED) is 0.746. The monoisotopic (exact) mass is 292 g/mol. The molecule has 0 amide bonds. The van der Waals surface area contributed by atoms with Crippen molar-refractivity contribution in [1.29, 1.82) is 5.26 Å². The highest BCUT2D eigenvalue weighted by molar-refractivity contribution is 5.42. The predicted octanol–water partition coefficient (Wildman–Crippen LogP) is 0.574. The number of ether oxygens (including phenoxy) is 2. The third-order valence-corrected chi connectivity index (χ3v) is 3.74. The number of nitrogens with zero attached hydrogens (tertiary/aromatic N) is 2. The second-order valence-electron chi connectivity index (χ2n) is 5.24. The van der Waals surface area contributed by atoms with Crippen LogP contribution < -0.4 is 20.1 Å². The predicted molar refractivity (Wildman–Crippen MR) is 72.7 cm³/mol. The van der Waals surface area contributed by atoms with Gasteiger partial charge in [0.2, 0.25) is 5.95 Å². The van der Waals surface area contributed by atoms with Gasteiger partial charge in [-0.05, 0) is 25.9 Å². The van der Waals surface area contributed by atoms with Crippen LogP contribution in [-0.4, -0.2) is 43.4 Å². The van der Waals surface area contributed by atoms with Crippen LogP contribution >= 0.6 is 0 Å². The molecule has 2 aliphatic heterocycles. The zero-order chi connectivity index (χ0) is 14.7. The molecule has 3 heterocycles. The SMILES string of the molecule is N#Cc1cc(OC[C@@H]2CCN2)c(OC[C@@H]2CCN2)nc1F. The number of hydrogen-bond donors (Lipinski definition) is 2. The molecule has 0 unspecified atom stereocenters. The van der Waals surface area contributed by atoms with E-state index in [1.807, 2.05) is 0 Å². The highest BCUT2D eigenvalue weighted by Gasteiger charge is 2.22. The smallest absolute Gasteiger partial charge is 0.259 e. The Hall–Kier alpha value is -1.91. The van der Waals surface area contributed by atoms with Crippen molar-refractivity contribution in [2.45, 2.75) is 24.9 Å². The fraction of sp³-hybridized carbons (Fsp3) is 0.571. The van der Waals surface area contributed by atoms with E-state index >= 15 is 0 Å². The lowest BCUT2D eigenvalue weighted by Gasteiger charge is -2.28. The summed E-state index contributed by atoms with van der Waals surface area (Å²) in [6.45, 7) is 2.82. The number of hydrogen-bond acceptors (Lipinski definition) is 6. The van der Waals surface area contributed by atoms with Crippen molar-refractivity contribution in [3.8, 4) is 17.7 Å². The maximum Gasteiger partial charge on any atom is 0.259 e. The highest BCUT2D eigenvalue weighted by Crippen LogP contribution is 2.28. The molecule has 2 saturated heterocycles. The fourth-order valence-corrected chi connectivity index (χ4v) is 2.09. The van der Waals surface area contributed by atoms with Gasteiger partial charge in [-0.2, -0.15) is 14.6 Å². The summed E-state index contributed by atoms with van der Waals surface area (Å²) in [5.41, 5.74) is -0.138. The molecular formula is C14H17FN4O2. The van der Waals surface area contributed by atoms with Crippen LogP contribution in [0.1, 0.15) is 18.4 Å². The average Bonchev–Trinajstić information content (AvgIpc) is 2.37. The van der Waals surface area contributed by atoms with Crippen molar-refractivity contribution in [1.82, 2.24) is 15.6 Å². The van der Waals surface area contributed by atoms with Crippen LogP contribution in [0.15, 0.2) is 6.07 Å². The molecule has 1 aromatic rings. The molecule has 0 aromatic carbocycles. The first-order valence-corrected chi connectivity index (χ1v) is 7.09. The van der Waals surface area contributed by atoms with E-state index in [9.17, 15) is 4.39 Å². The van der Waals surface area contributed by atoms with Crippen LogP contribution in [-0.2, 0) is 0 Å². The number of halogens is 1. The van der Waals surface area contributed by atoms with Crippen molar-refractivity contribution in [2.75, 3.05) is 26.3 Å². The molecule has 21 heavy (non-hydrogen) atoms. The largest absolute Gasteiger partial charge is 0.486 e. The minimum absolute atomic E-state index is 0.111. The summed E-state index contributed by atoms with van der Waals surface area (Å²) in [7, 11) is 0. The Bertz CT molecular complexity index is 553. The Kier molecular flexibility index (Phi) is 4.18. The lowest BCUT2D eigenvalue weighted by molar-refractivity contribution is 0.181. The normalized spacial score (nSPS) is 23.6. The molecule has 2 fully saturated rings. The van der Waals surface area contributed by atoms with Gasteiger partial charge in [0.25, 0.3) is 5.88 Å². The summed E-state index contributed by atoms with van der Waals surface area (Å²) in [5, 5.41) is 15.3. The zero-order valence-electron chi connectivity index (χ0n) is 11.6. The van der Waals surface area contributed by atoms with Gasteiger partial charge in [-0.1, -0.05) is 0 Å². The number of aromatic nitrogens is 1. The van der Waals surface area contributed by atoms with Crippen molar-refractivity contribution in [2.24, 2.45) is 0 Å². The number of rotatable bonds is 6. The summed E-state index contributed by atoms with van der Waals surface area (Å²) in [6.07, 6.45) is 2.07. The van der Waals surface area contributed by atoms with Crippen LogP contribution in [0.3, 0.4) is 0 Å². The highest BCUT2D eigenvalue weighted by atomic mass is 19.1. The van der Waals surface area contributed by atoms with Gasteiger partial charge in [0.15, 0.2) is 5.75 Å². The van der Waals surface area contributed by atoms with Gasteiger partial charge in [-0.25, -0.2) is 0 Å². The first-order valence-electron chi connectivity index (χ1n) is 7.09. The van der Waals surface area contributed by atoms with E-state index in [0.29, 0.717) is 25.0 Å². The van der Waals surface area contributed by atoms with Gasteiger partial charge in [0, 0.05) is 18.2 Å². The van der Waals surface area contributed by atoms with E-state index in [1.54, 1.807) is 6.07 Å². The van der Waals surface area contributed by atoms with E-state index in [4.69, 9.17) is 14.7 Å². The van der Waals surface area contributed by atoms with Crippen LogP contribution in [0.25, 0.3) is 0 Å². The minimum Gasteiger partial charge on any atom is -0.486 e. The molecule has 3 rings (SSSR count). The molecule has 0 saturated carbocycles. The molecule has 112 valence electrons. The topological polar surface area (TPSA) is 79.2 Å². The summed E-state index contributed by atoms with van der Waals surface area (Å²) in [6, 6.07) is 3.68.